The lowest BCUT2D eigenvalue weighted by Gasteiger charge is -2.06. The van der Waals surface area contributed by atoms with Gasteiger partial charge in [0.1, 0.15) is 11.6 Å². The molecule has 0 aliphatic rings. The van der Waals surface area contributed by atoms with E-state index in [0.717, 1.165) is 24.6 Å². The summed E-state index contributed by atoms with van der Waals surface area (Å²) in [5, 5.41) is 12.6. The van der Waals surface area contributed by atoms with E-state index in [1.54, 1.807) is 6.07 Å². The standard InChI is InChI=1S/C17H28FNO/c1-2-3-4-5-6-7-8-9-10-19-14-15-11-16(18)13-17(20)12-15/h11-13,19-20H,2-10,14H2,1H3. The number of phenolic OH excluding ortho intramolecular Hbond substituents is 1. The first-order chi connectivity index (χ1) is 9.72. The molecule has 0 aliphatic heterocycles. The molecule has 3 heteroatoms. The van der Waals surface area contributed by atoms with Crippen molar-refractivity contribution in [1.82, 2.24) is 5.32 Å². The Morgan fingerprint density at radius 3 is 2.25 bits per heavy atom. The smallest absolute Gasteiger partial charge is 0.127 e. The summed E-state index contributed by atoms with van der Waals surface area (Å²) in [6.45, 7) is 3.80. The third kappa shape index (κ3) is 8.16. The second-order valence-electron chi connectivity index (χ2n) is 5.47. The van der Waals surface area contributed by atoms with Crippen molar-refractivity contribution in [2.24, 2.45) is 0 Å². The molecule has 0 bridgehead atoms. The minimum atomic E-state index is -0.381. The molecule has 0 fully saturated rings. The molecular weight excluding hydrogens is 253 g/mol. The molecule has 1 aromatic rings. The maximum atomic E-state index is 13.0. The van der Waals surface area contributed by atoms with Gasteiger partial charge in [0.15, 0.2) is 0 Å². The molecule has 0 atom stereocenters. The lowest BCUT2D eigenvalue weighted by molar-refractivity contribution is 0.467. The predicted octanol–water partition coefficient (Wildman–Crippen LogP) is 4.76. The number of nitrogens with one attached hydrogen (secondary N) is 1. The van der Waals surface area contributed by atoms with Crippen LogP contribution in [0.15, 0.2) is 18.2 Å². The summed E-state index contributed by atoms with van der Waals surface area (Å²) >= 11 is 0. The molecule has 0 heterocycles. The van der Waals surface area contributed by atoms with Crippen LogP contribution in [0.1, 0.15) is 63.9 Å². The molecule has 0 aromatic heterocycles. The Kier molecular flexibility index (Phi) is 9.05. The van der Waals surface area contributed by atoms with Gasteiger partial charge in [-0.05, 0) is 30.7 Å². The van der Waals surface area contributed by atoms with E-state index in [1.807, 2.05) is 0 Å². The van der Waals surface area contributed by atoms with Gasteiger partial charge in [0.05, 0.1) is 0 Å². The van der Waals surface area contributed by atoms with Crippen molar-refractivity contribution in [2.45, 2.75) is 64.8 Å². The highest BCUT2D eigenvalue weighted by molar-refractivity contribution is 5.28. The molecule has 2 nitrogen and oxygen atoms in total. The normalized spacial score (nSPS) is 10.9. The van der Waals surface area contributed by atoms with Crippen LogP contribution in [0, 0.1) is 5.82 Å². The summed E-state index contributed by atoms with van der Waals surface area (Å²) in [5.74, 6) is -0.386. The number of halogens is 1. The van der Waals surface area contributed by atoms with Crippen LogP contribution in [-0.2, 0) is 6.54 Å². The van der Waals surface area contributed by atoms with E-state index in [9.17, 15) is 9.50 Å². The Bertz CT molecular complexity index is 348. The van der Waals surface area contributed by atoms with Crippen molar-refractivity contribution in [3.8, 4) is 5.75 Å². The van der Waals surface area contributed by atoms with Crippen LogP contribution < -0.4 is 5.32 Å². The van der Waals surface area contributed by atoms with Crippen LogP contribution in [0.4, 0.5) is 4.39 Å². The molecule has 20 heavy (non-hydrogen) atoms. The van der Waals surface area contributed by atoms with Crippen molar-refractivity contribution in [3.63, 3.8) is 0 Å². The van der Waals surface area contributed by atoms with Gasteiger partial charge < -0.3 is 10.4 Å². The summed E-state index contributed by atoms with van der Waals surface area (Å²) in [4.78, 5) is 0. The van der Waals surface area contributed by atoms with Gasteiger partial charge in [-0.25, -0.2) is 4.39 Å². The zero-order valence-corrected chi connectivity index (χ0v) is 12.6. The Morgan fingerprint density at radius 1 is 0.950 bits per heavy atom. The molecule has 0 unspecified atom stereocenters. The van der Waals surface area contributed by atoms with Crippen LogP contribution in [0.3, 0.4) is 0 Å². The van der Waals surface area contributed by atoms with E-state index in [4.69, 9.17) is 0 Å². The third-order valence-corrected chi connectivity index (χ3v) is 3.48. The summed E-state index contributed by atoms with van der Waals surface area (Å²) in [6.07, 6.45) is 10.5. The average Bonchev–Trinajstić information content (AvgIpc) is 2.40. The van der Waals surface area contributed by atoms with Crippen LogP contribution in [-0.4, -0.2) is 11.7 Å². The van der Waals surface area contributed by atoms with Gasteiger partial charge in [-0.3, -0.25) is 0 Å². The Morgan fingerprint density at radius 2 is 1.60 bits per heavy atom. The number of aromatic hydroxyl groups is 1. The van der Waals surface area contributed by atoms with Crippen molar-refractivity contribution in [1.29, 1.82) is 0 Å². The Balaban J connectivity index is 1.97. The zero-order valence-electron chi connectivity index (χ0n) is 12.6. The fourth-order valence-electron chi connectivity index (χ4n) is 2.35. The molecule has 2 N–H and O–H groups in total. The summed E-state index contributed by atoms with van der Waals surface area (Å²) in [7, 11) is 0. The number of unbranched alkanes of at least 4 members (excludes halogenated alkanes) is 7. The third-order valence-electron chi connectivity index (χ3n) is 3.48. The first-order valence-corrected chi connectivity index (χ1v) is 7.91. The van der Waals surface area contributed by atoms with Crippen molar-refractivity contribution < 1.29 is 9.50 Å². The number of hydrogen-bond acceptors (Lipinski definition) is 2. The first-order valence-electron chi connectivity index (χ1n) is 7.91. The highest BCUT2D eigenvalue weighted by atomic mass is 19.1. The van der Waals surface area contributed by atoms with E-state index in [0.29, 0.717) is 6.54 Å². The quantitative estimate of drug-likeness (QED) is 0.573. The minimum Gasteiger partial charge on any atom is -0.508 e. The molecule has 0 saturated carbocycles. The first kappa shape index (κ1) is 17.0. The summed E-state index contributed by atoms with van der Waals surface area (Å²) in [6, 6.07) is 4.19. The van der Waals surface area contributed by atoms with E-state index in [1.165, 1.54) is 51.0 Å². The minimum absolute atomic E-state index is 0.00567. The van der Waals surface area contributed by atoms with Gasteiger partial charge in [0, 0.05) is 12.6 Å². The fraction of sp³-hybridized carbons (Fsp3) is 0.647. The molecular formula is C17H28FNO. The van der Waals surface area contributed by atoms with Crippen molar-refractivity contribution in [3.05, 3.63) is 29.6 Å². The van der Waals surface area contributed by atoms with E-state index < -0.39 is 0 Å². The van der Waals surface area contributed by atoms with Gasteiger partial charge in [0.2, 0.25) is 0 Å². The second kappa shape index (κ2) is 10.7. The van der Waals surface area contributed by atoms with E-state index in [2.05, 4.69) is 12.2 Å². The molecule has 0 amide bonds. The van der Waals surface area contributed by atoms with Crippen LogP contribution >= 0.6 is 0 Å². The highest BCUT2D eigenvalue weighted by Crippen LogP contribution is 2.14. The molecule has 1 aromatic carbocycles. The van der Waals surface area contributed by atoms with Crippen LogP contribution in [0.2, 0.25) is 0 Å². The number of benzene rings is 1. The van der Waals surface area contributed by atoms with E-state index >= 15 is 0 Å². The van der Waals surface area contributed by atoms with Crippen LogP contribution in [0.5, 0.6) is 5.75 Å². The zero-order chi connectivity index (χ0) is 14.6. The molecule has 1 rings (SSSR count). The van der Waals surface area contributed by atoms with Gasteiger partial charge in [-0.1, -0.05) is 51.9 Å². The van der Waals surface area contributed by atoms with E-state index in [-0.39, 0.29) is 11.6 Å². The summed E-state index contributed by atoms with van der Waals surface area (Å²) in [5.41, 5.74) is 0.794. The highest BCUT2D eigenvalue weighted by Gasteiger charge is 1.99. The average molecular weight is 281 g/mol. The second-order valence-corrected chi connectivity index (χ2v) is 5.47. The molecule has 0 saturated heterocycles. The predicted molar refractivity (Wildman–Crippen MR) is 82.4 cm³/mol. The molecule has 0 spiro atoms. The molecule has 0 aliphatic carbocycles. The lowest BCUT2D eigenvalue weighted by atomic mass is 10.1. The van der Waals surface area contributed by atoms with Gasteiger partial charge in [-0.2, -0.15) is 0 Å². The number of phenols is 1. The molecule has 0 radical (unpaired) electrons. The molecule has 114 valence electrons. The lowest BCUT2D eigenvalue weighted by Crippen LogP contribution is -2.14. The maximum Gasteiger partial charge on any atom is 0.127 e. The Hall–Kier alpha value is -1.09. The topological polar surface area (TPSA) is 32.3 Å². The summed E-state index contributed by atoms with van der Waals surface area (Å²) < 4.78 is 13.0. The monoisotopic (exact) mass is 281 g/mol. The fourth-order valence-corrected chi connectivity index (χ4v) is 2.35. The Labute approximate surface area is 122 Å². The van der Waals surface area contributed by atoms with Crippen LogP contribution in [0.25, 0.3) is 0 Å². The number of hydrogen-bond donors (Lipinski definition) is 2. The van der Waals surface area contributed by atoms with Crippen molar-refractivity contribution in [2.75, 3.05) is 6.54 Å². The SMILES string of the molecule is CCCCCCCCCCNCc1cc(O)cc(F)c1. The maximum absolute atomic E-state index is 13.0. The van der Waals surface area contributed by atoms with Gasteiger partial charge in [0.25, 0.3) is 0 Å². The largest absolute Gasteiger partial charge is 0.508 e. The van der Waals surface area contributed by atoms with Crippen molar-refractivity contribution >= 4 is 0 Å². The van der Waals surface area contributed by atoms with Gasteiger partial charge in [-0.15, -0.1) is 0 Å². The number of rotatable bonds is 11. The van der Waals surface area contributed by atoms with Gasteiger partial charge >= 0.3 is 0 Å².